The summed E-state index contributed by atoms with van der Waals surface area (Å²) >= 11 is 0. The Morgan fingerprint density at radius 2 is 1.91 bits per heavy atom. The molecular weight excluding hydrogens is 313 g/mol. The first kappa shape index (κ1) is 19.0. The molecule has 0 radical (unpaired) electrons. The van der Waals surface area contributed by atoms with E-state index < -0.39 is 29.7 Å². The van der Waals surface area contributed by atoms with Crippen LogP contribution in [-0.2, 0) is 15.8 Å². The summed E-state index contributed by atoms with van der Waals surface area (Å²) in [7, 11) is 0. The zero-order valence-electron chi connectivity index (χ0n) is 12.8. The second kappa shape index (κ2) is 7.96. The quantitative estimate of drug-likeness (QED) is 0.724. The molecule has 3 N–H and O–H groups in total. The summed E-state index contributed by atoms with van der Waals surface area (Å²) < 4.78 is 38.4. The molecule has 5 nitrogen and oxygen atoms in total. The number of hydrogen-bond acceptors (Lipinski definition) is 3. The maximum absolute atomic E-state index is 12.8. The molecule has 0 aliphatic heterocycles. The van der Waals surface area contributed by atoms with Crippen LogP contribution in [0.25, 0.3) is 0 Å². The molecule has 1 aromatic rings. The van der Waals surface area contributed by atoms with Crippen LogP contribution in [0.1, 0.15) is 30.9 Å². The number of benzene rings is 1. The van der Waals surface area contributed by atoms with E-state index in [4.69, 9.17) is 0 Å². The summed E-state index contributed by atoms with van der Waals surface area (Å²) in [4.78, 5) is 23.2. The topological polar surface area (TPSA) is 78.4 Å². The van der Waals surface area contributed by atoms with Gasteiger partial charge in [-0.2, -0.15) is 13.2 Å². The first-order chi connectivity index (χ1) is 10.6. The van der Waals surface area contributed by atoms with Crippen molar-refractivity contribution in [1.82, 2.24) is 5.32 Å². The third-order valence-electron chi connectivity index (χ3n) is 3.24. The predicted molar refractivity (Wildman–Crippen MR) is 78.7 cm³/mol. The maximum atomic E-state index is 12.8. The molecule has 1 unspecified atom stereocenters. The van der Waals surface area contributed by atoms with Crippen LogP contribution in [0.15, 0.2) is 18.2 Å². The summed E-state index contributed by atoms with van der Waals surface area (Å²) in [5, 5.41) is 13.7. The monoisotopic (exact) mass is 332 g/mol. The molecule has 1 atom stereocenters. The number of halogens is 3. The van der Waals surface area contributed by atoms with E-state index in [0.29, 0.717) is 6.42 Å². The van der Waals surface area contributed by atoms with Crippen molar-refractivity contribution in [1.29, 1.82) is 0 Å². The Hall–Kier alpha value is -2.09. The Balaban J connectivity index is 2.65. The Kier molecular flexibility index (Phi) is 6.56. The fraction of sp³-hybridized carbons (Fsp3) is 0.467. The van der Waals surface area contributed by atoms with Crippen molar-refractivity contribution in [3.8, 4) is 0 Å². The van der Waals surface area contributed by atoms with Gasteiger partial charge >= 0.3 is 18.0 Å². The van der Waals surface area contributed by atoms with Crippen molar-refractivity contribution < 1.29 is 27.9 Å². The summed E-state index contributed by atoms with van der Waals surface area (Å²) in [5.74, 6) is -2.03. The average molecular weight is 332 g/mol. The van der Waals surface area contributed by atoms with Gasteiger partial charge in [-0.25, -0.2) is 0 Å². The van der Waals surface area contributed by atoms with Gasteiger partial charge in [-0.05, 0) is 37.5 Å². The number of carbonyl (C=O) groups is 2. The largest absolute Gasteiger partial charge is 0.416 e. The van der Waals surface area contributed by atoms with Gasteiger partial charge < -0.3 is 15.7 Å². The fourth-order valence-corrected chi connectivity index (χ4v) is 1.83. The van der Waals surface area contributed by atoms with Gasteiger partial charge in [-0.3, -0.25) is 9.59 Å². The number of aryl methyl sites for hydroxylation is 1. The van der Waals surface area contributed by atoms with Gasteiger partial charge in [0.25, 0.3) is 0 Å². The highest BCUT2D eigenvalue weighted by Crippen LogP contribution is 2.33. The van der Waals surface area contributed by atoms with Crippen molar-refractivity contribution in [2.24, 2.45) is 0 Å². The lowest BCUT2D eigenvalue weighted by Crippen LogP contribution is -2.36. The number of hydrogen-bond donors (Lipinski definition) is 3. The van der Waals surface area contributed by atoms with Gasteiger partial charge in [0.2, 0.25) is 0 Å². The standard InChI is InChI=1S/C15H19F3N2O3/c1-3-11(21)6-7-19-13(22)14(23)20-10-5-4-9(2)12(8-10)15(16,17)18/h4-5,8,11,21H,3,6-7H2,1-2H3,(H,19,22)(H,20,23). The summed E-state index contributed by atoms with van der Waals surface area (Å²) in [6.45, 7) is 3.18. The zero-order valence-corrected chi connectivity index (χ0v) is 12.8. The molecule has 0 saturated heterocycles. The van der Waals surface area contributed by atoms with E-state index >= 15 is 0 Å². The van der Waals surface area contributed by atoms with Crippen LogP contribution in [0, 0.1) is 6.92 Å². The summed E-state index contributed by atoms with van der Waals surface area (Å²) in [6.07, 6.45) is -4.31. The first-order valence-electron chi connectivity index (χ1n) is 7.10. The molecule has 2 amide bonds. The van der Waals surface area contributed by atoms with E-state index in [1.165, 1.54) is 19.1 Å². The van der Waals surface area contributed by atoms with Gasteiger partial charge in [0.05, 0.1) is 11.7 Å². The molecule has 0 fully saturated rings. The highest BCUT2D eigenvalue weighted by molar-refractivity contribution is 6.39. The van der Waals surface area contributed by atoms with Gasteiger partial charge in [-0.1, -0.05) is 13.0 Å². The lowest BCUT2D eigenvalue weighted by molar-refractivity contribution is -0.138. The number of aliphatic hydroxyl groups is 1. The normalized spacial score (nSPS) is 12.6. The minimum atomic E-state index is -4.54. The van der Waals surface area contributed by atoms with E-state index in [-0.39, 0.29) is 24.2 Å². The van der Waals surface area contributed by atoms with Crippen molar-refractivity contribution >= 4 is 17.5 Å². The molecule has 0 aromatic heterocycles. The van der Waals surface area contributed by atoms with Crippen molar-refractivity contribution in [3.63, 3.8) is 0 Å². The van der Waals surface area contributed by atoms with Gasteiger partial charge in [-0.15, -0.1) is 0 Å². The molecule has 1 rings (SSSR count). The van der Waals surface area contributed by atoms with Crippen LogP contribution in [0.3, 0.4) is 0 Å². The number of carbonyl (C=O) groups excluding carboxylic acids is 2. The van der Waals surface area contributed by atoms with Crippen LogP contribution < -0.4 is 10.6 Å². The Morgan fingerprint density at radius 3 is 2.48 bits per heavy atom. The predicted octanol–water partition coefficient (Wildman–Crippen LogP) is 2.23. The average Bonchev–Trinajstić information content (AvgIpc) is 2.47. The molecule has 0 spiro atoms. The number of amides is 2. The number of anilines is 1. The van der Waals surface area contributed by atoms with E-state index in [9.17, 15) is 27.9 Å². The molecule has 0 aliphatic rings. The molecule has 0 aliphatic carbocycles. The van der Waals surface area contributed by atoms with Crippen LogP contribution in [0.2, 0.25) is 0 Å². The molecular formula is C15H19F3N2O3. The zero-order chi connectivity index (χ0) is 17.6. The van der Waals surface area contributed by atoms with Crippen LogP contribution in [-0.4, -0.2) is 29.6 Å². The fourth-order valence-electron chi connectivity index (χ4n) is 1.83. The minimum absolute atomic E-state index is 0.0218. The number of nitrogens with one attached hydrogen (secondary N) is 2. The number of aliphatic hydroxyl groups excluding tert-OH is 1. The third kappa shape index (κ3) is 5.90. The Labute approximate surface area is 131 Å². The Morgan fingerprint density at radius 1 is 1.26 bits per heavy atom. The van der Waals surface area contributed by atoms with E-state index in [1.807, 2.05) is 0 Å². The lowest BCUT2D eigenvalue weighted by Gasteiger charge is -2.13. The van der Waals surface area contributed by atoms with Crippen molar-refractivity contribution in [3.05, 3.63) is 29.3 Å². The first-order valence-corrected chi connectivity index (χ1v) is 7.10. The van der Waals surface area contributed by atoms with Crippen LogP contribution >= 0.6 is 0 Å². The van der Waals surface area contributed by atoms with E-state index in [0.717, 1.165) is 6.07 Å². The molecule has 0 saturated carbocycles. The van der Waals surface area contributed by atoms with Gasteiger partial charge in [0.15, 0.2) is 0 Å². The van der Waals surface area contributed by atoms with E-state index in [1.54, 1.807) is 6.92 Å². The van der Waals surface area contributed by atoms with Gasteiger partial charge in [0, 0.05) is 12.2 Å². The molecule has 0 bridgehead atoms. The molecule has 8 heteroatoms. The number of alkyl halides is 3. The van der Waals surface area contributed by atoms with E-state index in [2.05, 4.69) is 10.6 Å². The van der Waals surface area contributed by atoms with Crippen LogP contribution in [0.5, 0.6) is 0 Å². The van der Waals surface area contributed by atoms with Crippen molar-refractivity contribution in [2.75, 3.05) is 11.9 Å². The Bertz CT molecular complexity index is 574. The smallest absolute Gasteiger partial charge is 0.393 e. The molecule has 23 heavy (non-hydrogen) atoms. The molecule has 1 aromatic carbocycles. The summed E-state index contributed by atoms with van der Waals surface area (Å²) in [5.41, 5.74) is -0.966. The van der Waals surface area contributed by atoms with Crippen LogP contribution in [0.4, 0.5) is 18.9 Å². The minimum Gasteiger partial charge on any atom is -0.393 e. The highest BCUT2D eigenvalue weighted by Gasteiger charge is 2.32. The molecule has 0 heterocycles. The number of rotatable bonds is 5. The second-order valence-corrected chi connectivity index (χ2v) is 5.09. The highest BCUT2D eigenvalue weighted by atomic mass is 19.4. The SMILES string of the molecule is CCC(O)CCNC(=O)C(=O)Nc1ccc(C)c(C(F)(F)F)c1. The maximum Gasteiger partial charge on any atom is 0.416 e. The summed E-state index contributed by atoms with van der Waals surface area (Å²) in [6, 6.07) is 3.28. The second-order valence-electron chi connectivity index (χ2n) is 5.09. The van der Waals surface area contributed by atoms with Crippen molar-refractivity contribution in [2.45, 2.75) is 39.0 Å². The third-order valence-corrected chi connectivity index (χ3v) is 3.24. The molecule has 128 valence electrons. The van der Waals surface area contributed by atoms with Gasteiger partial charge in [0.1, 0.15) is 0 Å². The lowest BCUT2D eigenvalue weighted by atomic mass is 10.1.